The van der Waals surface area contributed by atoms with Crippen LogP contribution in [0.1, 0.15) is 36.1 Å². The number of hydrazine groups is 1. The molecule has 34 heavy (non-hydrogen) atoms. The average Bonchev–Trinajstić information content (AvgIpc) is 3.40. The van der Waals surface area contributed by atoms with E-state index in [4.69, 9.17) is 4.74 Å². The molecule has 0 N–H and O–H groups in total. The number of esters is 1. The van der Waals surface area contributed by atoms with Crippen molar-refractivity contribution in [2.75, 3.05) is 6.61 Å². The van der Waals surface area contributed by atoms with Crippen LogP contribution in [0.5, 0.6) is 0 Å². The number of hydrogen-bond donors (Lipinski definition) is 0. The molecule has 1 amide bonds. The van der Waals surface area contributed by atoms with Crippen LogP contribution in [-0.2, 0) is 14.3 Å². The number of carbonyl (C=O) groups is 2. The second-order valence-electron chi connectivity index (χ2n) is 8.28. The molecule has 0 unspecified atom stereocenters. The molecule has 2 heterocycles. The van der Waals surface area contributed by atoms with Gasteiger partial charge in [0.15, 0.2) is 0 Å². The minimum absolute atomic E-state index is 0.0369. The van der Waals surface area contributed by atoms with Gasteiger partial charge in [0, 0.05) is 5.56 Å². The van der Waals surface area contributed by atoms with Gasteiger partial charge in [-0.1, -0.05) is 103 Å². The van der Waals surface area contributed by atoms with Crippen molar-refractivity contribution in [2.24, 2.45) is 0 Å². The van der Waals surface area contributed by atoms with E-state index in [1.807, 2.05) is 108 Å². The van der Waals surface area contributed by atoms with Crippen molar-refractivity contribution in [3.63, 3.8) is 0 Å². The zero-order chi connectivity index (χ0) is 23.5. The molecule has 0 aliphatic carbocycles. The lowest BCUT2D eigenvalue weighted by Gasteiger charge is -2.31. The molecule has 2 atom stereocenters. The van der Waals surface area contributed by atoms with Crippen molar-refractivity contribution in [3.8, 4) is 0 Å². The third-order valence-corrected chi connectivity index (χ3v) is 6.20. The molecular weight excluding hydrogens is 424 g/mol. The van der Waals surface area contributed by atoms with Crippen LogP contribution in [-0.4, -0.2) is 34.5 Å². The Hall–Kier alpha value is -3.96. The first-order chi connectivity index (χ1) is 16.7. The summed E-state index contributed by atoms with van der Waals surface area (Å²) in [7, 11) is 0. The fraction of sp³-hybridized carbons (Fsp3) is 0.172. The van der Waals surface area contributed by atoms with Gasteiger partial charge in [0.2, 0.25) is 5.91 Å². The minimum atomic E-state index is -0.453. The lowest BCUT2D eigenvalue weighted by atomic mass is 9.96. The third-order valence-electron chi connectivity index (χ3n) is 6.20. The number of hydrogen-bond acceptors (Lipinski definition) is 4. The molecule has 2 aliphatic heterocycles. The number of ether oxygens (including phenoxy) is 1. The van der Waals surface area contributed by atoms with Gasteiger partial charge in [-0.25, -0.2) is 9.80 Å². The predicted molar refractivity (Wildman–Crippen MR) is 132 cm³/mol. The van der Waals surface area contributed by atoms with Gasteiger partial charge in [0.05, 0.1) is 36.4 Å². The van der Waals surface area contributed by atoms with E-state index >= 15 is 0 Å². The lowest BCUT2D eigenvalue weighted by Crippen LogP contribution is -2.39. The molecule has 5 heteroatoms. The van der Waals surface area contributed by atoms with Gasteiger partial charge < -0.3 is 4.74 Å². The Morgan fingerprint density at radius 3 is 2.21 bits per heavy atom. The van der Waals surface area contributed by atoms with E-state index in [2.05, 4.69) is 0 Å². The van der Waals surface area contributed by atoms with E-state index in [1.54, 1.807) is 11.9 Å². The first kappa shape index (κ1) is 21.9. The third kappa shape index (κ3) is 3.95. The van der Waals surface area contributed by atoms with Gasteiger partial charge in [-0.3, -0.25) is 4.79 Å². The van der Waals surface area contributed by atoms with Crippen molar-refractivity contribution in [1.29, 1.82) is 0 Å². The second kappa shape index (κ2) is 9.49. The maximum atomic E-state index is 13.4. The van der Waals surface area contributed by atoms with Crippen LogP contribution in [0.4, 0.5) is 0 Å². The number of carbonyl (C=O) groups excluding carboxylic acids is 2. The molecule has 0 saturated carbocycles. The maximum Gasteiger partial charge on any atom is 0.338 e. The number of rotatable bonds is 6. The summed E-state index contributed by atoms with van der Waals surface area (Å²) in [4.78, 5) is 26.8. The van der Waals surface area contributed by atoms with Gasteiger partial charge in [-0.15, -0.1) is 0 Å². The molecule has 1 fully saturated rings. The summed E-state index contributed by atoms with van der Waals surface area (Å²) in [5, 5.41) is 3.73. The van der Waals surface area contributed by atoms with E-state index in [0.29, 0.717) is 17.7 Å². The van der Waals surface area contributed by atoms with Crippen LogP contribution in [0.15, 0.2) is 103 Å². The van der Waals surface area contributed by atoms with E-state index in [-0.39, 0.29) is 18.6 Å². The Balaban J connectivity index is 1.69. The van der Waals surface area contributed by atoms with E-state index < -0.39 is 12.0 Å². The Morgan fingerprint density at radius 1 is 0.941 bits per heavy atom. The molecule has 170 valence electrons. The molecule has 3 aromatic rings. The number of benzene rings is 3. The molecule has 2 aliphatic rings. The number of fused-ring (bicyclic) bond motifs is 1. The molecule has 5 rings (SSSR count). The van der Waals surface area contributed by atoms with Crippen molar-refractivity contribution in [2.45, 2.75) is 25.4 Å². The van der Waals surface area contributed by atoms with Crippen LogP contribution in [0.3, 0.4) is 0 Å². The maximum absolute atomic E-state index is 13.4. The zero-order valence-corrected chi connectivity index (χ0v) is 19.0. The molecule has 5 nitrogen and oxygen atoms in total. The van der Waals surface area contributed by atoms with Crippen LogP contribution in [0.2, 0.25) is 0 Å². The summed E-state index contributed by atoms with van der Waals surface area (Å²) in [6.45, 7) is 2.05. The van der Waals surface area contributed by atoms with E-state index in [1.165, 1.54) is 0 Å². The molecular formula is C29H26N2O3. The number of nitrogens with zero attached hydrogens (tertiary/aromatic N) is 2. The Morgan fingerprint density at radius 2 is 1.56 bits per heavy atom. The summed E-state index contributed by atoms with van der Waals surface area (Å²) in [5.74, 6) is -0.441. The summed E-state index contributed by atoms with van der Waals surface area (Å²) in [5.41, 5.74) is 3.95. The highest BCUT2D eigenvalue weighted by Crippen LogP contribution is 2.48. The molecule has 0 spiro atoms. The smallest absolute Gasteiger partial charge is 0.338 e. The monoisotopic (exact) mass is 450 g/mol. The van der Waals surface area contributed by atoms with E-state index in [9.17, 15) is 9.59 Å². The highest BCUT2D eigenvalue weighted by atomic mass is 16.5. The standard InChI is InChI=1S/C29H26N2O3/c1-2-34-29(33)27-24(19-18-21-12-6-3-7-13-21)30-25(22-14-8-4-9-15-22)20-26(32)31(30)28(27)23-16-10-5-11-17-23/h3-19,24-25H,2,20H2,1H3/b19-18+/t24-,25-/m1/s1. The van der Waals surface area contributed by atoms with Crippen molar-refractivity contribution in [1.82, 2.24) is 10.0 Å². The SMILES string of the molecule is CCOC(=O)C1=C(c2ccccc2)N2C(=O)C[C@H](c3ccccc3)N2[C@@H]1/C=C/c1ccccc1. The van der Waals surface area contributed by atoms with Gasteiger partial charge in [0.1, 0.15) is 0 Å². The van der Waals surface area contributed by atoms with Gasteiger partial charge in [-0.2, -0.15) is 5.01 Å². The highest BCUT2D eigenvalue weighted by Gasteiger charge is 2.52. The van der Waals surface area contributed by atoms with Crippen LogP contribution >= 0.6 is 0 Å². The Bertz CT molecular complexity index is 1240. The summed E-state index contributed by atoms with van der Waals surface area (Å²) in [6.07, 6.45) is 4.34. The topological polar surface area (TPSA) is 49.9 Å². The normalized spacial score (nSPS) is 20.3. The number of amides is 1. The fourth-order valence-corrected chi connectivity index (χ4v) is 4.76. The van der Waals surface area contributed by atoms with Gasteiger partial charge >= 0.3 is 5.97 Å². The Kier molecular flexibility index (Phi) is 6.11. The van der Waals surface area contributed by atoms with Crippen LogP contribution in [0, 0.1) is 0 Å². The van der Waals surface area contributed by atoms with Crippen LogP contribution in [0.25, 0.3) is 11.8 Å². The van der Waals surface area contributed by atoms with Crippen molar-refractivity contribution >= 4 is 23.6 Å². The van der Waals surface area contributed by atoms with Crippen molar-refractivity contribution < 1.29 is 14.3 Å². The zero-order valence-electron chi connectivity index (χ0n) is 19.0. The molecule has 0 aromatic heterocycles. The quantitative estimate of drug-likeness (QED) is 0.482. The lowest BCUT2D eigenvalue weighted by molar-refractivity contribution is -0.139. The first-order valence-corrected chi connectivity index (χ1v) is 11.5. The second-order valence-corrected chi connectivity index (χ2v) is 8.28. The summed E-state index contributed by atoms with van der Waals surface area (Å²) < 4.78 is 5.51. The van der Waals surface area contributed by atoms with Gasteiger partial charge in [0.25, 0.3) is 0 Å². The van der Waals surface area contributed by atoms with Crippen molar-refractivity contribution in [3.05, 3.63) is 119 Å². The fourth-order valence-electron chi connectivity index (χ4n) is 4.76. The summed E-state index contributed by atoms with van der Waals surface area (Å²) in [6, 6.07) is 28.9. The predicted octanol–water partition coefficient (Wildman–Crippen LogP) is 5.25. The van der Waals surface area contributed by atoms with E-state index in [0.717, 1.165) is 16.7 Å². The van der Waals surface area contributed by atoms with Crippen LogP contribution < -0.4 is 0 Å². The Labute approximate surface area is 199 Å². The highest BCUT2D eigenvalue weighted by molar-refractivity contribution is 6.04. The van der Waals surface area contributed by atoms with Gasteiger partial charge in [-0.05, 0) is 18.1 Å². The minimum Gasteiger partial charge on any atom is -0.463 e. The largest absolute Gasteiger partial charge is 0.463 e. The average molecular weight is 451 g/mol. The molecule has 3 aromatic carbocycles. The first-order valence-electron chi connectivity index (χ1n) is 11.5. The summed E-state index contributed by atoms with van der Waals surface area (Å²) >= 11 is 0. The molecule has 0 bridgehead atoms. The molecule has 1 saturated heterocycles. The molecule has 0 radical (unpaired) electrons.